The van der Waals surface area contributed by atoms with Crippen molar-refractivity contribution in [2.45, 2.75) is 57.4 Å². The first-order valence-electron chi connectivity index (χ1n) is 9.73. The summed E-state index contributed by atoms with van der Waals surface area (Å²) in [5, 5.41) is 3.09. The number of benzene rings is 1. The molecule has 4 heteroatoms. The van der Waals surface area contributed by atoms with Crippen LogP contribution in [0.2, 0.25) is 0 Å². The Morgan fingerprint density at radius 3 is 2.35 bits per heavy atom. The molecule has 1 N–H and O–H groups in total. The third kappa shape index (κ3) is 3.20. The van der Waals surface area contributed by atoms with Gasteiger partial charge < -0.3 is 9.88 Å². The van der Waals surface area contributed by atoms with E-state index in [4.69, 9.17) is 0 Å². The van der Waals surface area contributed by atoms with Crippen LogP contribution in [0.1, 0.15) is 58.4 Å². The van der Waals surface area contributed by atoms with E-state index in [9.17, 15) is 9.59 Å². The maximum absolute atomic E-state index is 12.8. The molecule has 0 atom stereocenters. The molecule has 2 aromatic rings. The lowest BCUT2D eigenvalue weighted by Crippen LogP contribution is -2.40. The summed E-state index contributed by atoms with van der Waals surface area (Å²) < 4.78 is 1.71. The highest BCUT2D eigenvalue weighted by molar-refractivity contribution is 5.94. The van der Waals surface area contributed by atoms with Crippen molar-refractivity contribution in [1.82, 2.24) is 9.88 Å². The molecule has 0 saturated heterocycles. The topological polar surface area (TPSA) is 51.1 Å². The lowest BCUT2D eigenvalue weighted by atomic mass is 9.95. The van der Waals surface area contributed by atoms with E-state index in [1.165, 1.54) is 29.5 Å². The number of aryl methyl sites for hydroxylation is 1. The average Bonchev–Trinajstić information content (AvgIpc) is 3.01. The van der Waals surface area contributed by atoms with Gasteiger partial charge in [0.1, 0.15) is 5.56 Å². The highest BCUT2D eigenvalue weighted by Crippen LogP contribution is 2.22. The van der Waals surface area contributed by atoms with Crippen molar-refractivity contribution in [2.75, 3.05) is 0 Å². The maximum Gasteiger partial charge on any atom is 0.263 e. The minimum absolute atomic E-state index is 0.0756. The van der Waals surface area contributed by atoms with Crippen LogP contribution in [0.15, 0.2) is 35.1 Å². The van der Waals surface area contributed by atoms with E-state index < -0.39 is 0 Å². The SMILES string of the molecule is Cn1c2c(cc(C(=O)NC3Cc4ccccc4C3)c1=O)CCCCCC2. The van der Waals surface area contributed by atoms with Gasteiger partial charge in [-0.15, -0.1) is 0 Å². The fraction of sp³-hybridized carbons (Fsp3) is 0.455. The monoisotopic (exact) mass is 350 g/mol. The fourth-order valence-corrected chi connectivity index (χ4v) is 4.43. The van der Waals surface area contributed by atoms with Crippen molar-refractivity contribution < 1.29 is 4.79 Å². The minimum Gasteiger partial charge on any atom is -0.348 e. The van der Waals surface area contributed by atoms with Gasteiger partial charge in [0.05, 0.1) is 0 Å². The van der Waals surface area contributed by atoms with Gasteiger partial charge in [-0.05, 0) is 61.3 Å². The molecule has 4 nitrogen and oxygen atoms in total. The van der Waals surface area contributed by atoms with Crippen LogP contribution >= 0.6 is 0 Å². The van der Waals surface area contributed by atoms with E-state index in [1.807, 2.05) is 25.2 Å². The lowest BCUT2D eigenvalue weighted by molar-refractivity contribution is 0.0936. The lowest BCUT2D eigenvalue weighted by Gasteiger charge is -2.19. The second-order valence-corrected chi connectivity index (χ2v) is 7.66. The second kappa shape index (κ2) is 7.10. The molecule has 1 heterocycles. The molecule has 1 aromatic heterocycles. The number of fused-ring (bicyclic) bond motifs is 2. The van der Waals surface area contributed by atoms with Gasteiger partial charge in [0.2, 0.25) is 0 Å². The summed E-state index contributed by atoms with van der Waals surface area (Å²) in [4.78, 5) is 25.6. The number of hydrogen-bond acceptors (Lipinski definition) is 2. The van der Waals surface area contributed by atoms with Crippen molar-refractivity contribution in [3.8, 4) is 0 Å². The van der Waals surface area contributed by atoms with E-state index in [0.29, 0.717) is 5.56 Å². The maximum atomic E-state index is 12.8. The minimum atomic E-state index is -0.228. The first-order valence-corrected chi connectivity index (χ1v) is 9.73. The number of hydrogen-bond donors (Lipinski definition) is 1. The Bertz CT molecular complexity index is 873. The van der Waals surface area contributed by atoms with Crippen molar-refractivity contribution in [1.29, 1.82) is 0 Å². The largest absolute Gasteiger partial charge is 0.348 e. The van der Waals surface area contributed by atoms with Gasteiger partial charge in [-0.25, -0.2) is 0 Å². The predicted molar refractivity (Wildman–Crippen MR) is 103 cm³/mol. The zero-order valence-corrected chi connectivity index (χ0v) is 15.4. The third-order valence-electron chi connectivity index (χ3n) is 5.87. The van der Waals surface area contributed by atoms with Gasteiger partial charge in [-0.3, -0.25) is 9.59 Å². The van der Waals surface area contributed by atoms with Crippen LogP contribution in [-0.2, 0) is 32.7 Å². The predicted octanol–water partition coefficient (Wildman–Crippen LogP) is 2.94. The van der Waals surface area contributed by atoms with Crippen LogP contribution in [0.25, 0.3) is 0 Å². The Morgan fingerprint density at radius 2 is 1.65 bits per heavy atom. The molecule has 4 rings (SSSR count). The quantitative estimate of drug-likeness (QED) is 0.905. The van der Waals surface area contributed by atoms with Gasteiger partial charge in [0.25, 0.3) is 11.5 Å². The summed E-state index contributed by atoms with van der Waals surface area (Å²) >= 11 is 0. The number of amides is 1. The molecule has 0 radical (unpaired) electrons. The van der Waals surface area contributed by atoms with E-state index >= 15 is 0 Å². The van der Waals surface area contributed by atoms with Gasteiger partial charge >= 0.3 is 0 Å². The zero-order valence-electron chi connectivity index (χ0n) is 15.4. The molecular formula is C22H26N2O2. The normalized spacial score (nSPS) is 17.1. The van der Waals surface area contributed by atoms with Crippen LogP contribution in [0.3, 0.4) is 0 Å². The number of aromatic nitrogens is 1. The molecule has 0 fully saturated rings. The van der Waals surface area contributed by atoms with E-state index in [0.717, 1.165) is 44.2 Å². The molecule has 0 aliphatic heterocycles. The summed E-state index contributed by atoms with van der Waals surface area (Å²) in [6.07, 6.45) is 8.26. The molecule has 1 aromatic carbocycles. The molecule has 0 spiro atoms. The number of carbonyl (C=O) groups excluding carboxylic acids is 1. The van der Waals surface area contributed by atoms with Gasteiger partial charge in [-0.2, -0.15) is 0 Å². The standard InChI is InChI=1S/C22H26N2O2/c1-24-20-11-5-3-2-4-10-17(20)14-19(22(24)26)21(25)23-18-12-15-8-6-7-9-16(15)13-18/h6-9,14,18H,2-5,10-13H2,1H3,(H,23,25). The summed E-state index contributed by atoms with van der Waals surface area (Å²) in [5.41, 5.74) is 5.00. The molecule has 0 saturated carbocycles. The summed E-state index contributed by atoms with van der Waals surface area (Å²) in [7, 11) is 1.81. The van der Waals surface area contributed by atoms with Crippen LogP contribution in [0, 0.1) is 0 Å². The molecule has 0 unspecified atom stereocenters. The number of pyridine rings is 1. The van der Waals surface area contributed by atoms with Crippen molar-refractivity contribution in [2.24, 2.45) is 7.05 Å². The molecule has 2 aliphatic carbocycles. The van der Waals surface area contributed by atoms with Gasteiger partial charge in [0.15, 0.2) is 0 Å². The molecule has 26 heavy (non-hydrogen) atoms. The van der Waals surface area contributed by atoms with Crippen LogP contribution in [-0.4, -0.2) is 16.5 Å². The summed E-state index contributed by atoms with van der Waals surface area (Å²) in [6.45, 7) is 0. The van der Waals surface area contributed by atoms with Gasteiger partial charge in [0, 0.05) is 18.8 Å². The Hall–Kier alpha value is -2.36. The molecule has 2 aliphatic rings. The molecule has 0 bridgehead atoms. The molecule has 136 valence electrons. The molecule has 1 amide bonds. The van der Waals surface area contributed by atoms with E-state index in [1.54, 1.807) is 4.57 Å². The smallest absolute Gasteiger partial charge is 0.263 e. The number of carbonyl (C=O) groups is 1. The van der Waals surface area contributed by atoms with Crippen molar-refractivity contribution >= 4 is 5.91 Å². The van der Waals surface area contributed by atoms with Gasteiger partial charge in [-0.1, -0.05) is 37.1 Å². The van der Waals surface area contributed by atoms with Crippen LogP contribution in [0.5, 0.6) is 0 Å². The highest BCUT2D eigenvalue weighted by Gasteiger charge is 2.25. The summed E-state index contributed by atoms with van der Waals surface area (Å²) in [6, 6.07) is 10.2. The first kappa shape index (κ1) is 17.1. The van der Waals surface area contributed by atoms with E-state index in [2.05, 4.69) is 17.4 Å². The average molecular weight is 350 g/mol. The number of nitrogens with zero attached hydrogens (tertiary/aromatic N) is 1. The first-order chi connectivity index (χ1) is 12.6. The van der Waals surface area contributed by atoms with E-state index in [-0.39, 0.29) is 17.5 Å². The van der Waals surface area contributed by atoms with Crippen molar-refractivity contribution in [3.05, 3.63) is 68.6 Å². The summed E-state index contributed by atoms with van der Waals surface area (Å²) in [5.74, 6) is -0.228. The fourth-order valence-electron chi connectivity index (χ4n) is 4.43. The Kier molecular flexibility index (Phi) is 4.66. The van der Waals surface area contributed by atoms with Crippen molar-refractivity contribution in [3.63, 3.8) is 0 Å². The Morgan fingerprint density at radius 1 is 1.00 bits per heavy atom. The van der Waals surface area contributed by atoms with Crippen LogP contribution < -0.4 is 10.9 Å². The second-order valence-electron chi connectivity index (χ2n) is 7.66. The molecular weight excluding hydrogens is 324 g/mol. The zero-order chi connectivity index (χ0) is 18.1. The number of rotatable bonds is 2. The highest BCUT2D eigenvalue weighted by atomic mass is 16.2. The number of nitrogens with one attached hydrogen (secondary N) is 1. The Labute approximate surface area is 154 Å². The van der Waals surface area contributed by atoms with Crippen LogP contribution in [0.4, 0.5) is 0 Å². The Balaban J connectivity index is 1.57. The third-order valence-corrected chi connectivity index (χ3v) is 5.87.